The summed E-state index contributed by atoms with van der Waals surface area (Å²) in [5, 5.41) is 14.0. The number of anilines is 1. The molecule has 0 aliphatic heterocycles. The van der Waals surface area contributed by atoms with Crippen molar-refractivity contribution in [3.05, 3.63) is 61.6 Å². The van der Waals surface area contributed by atoms with E-state index in [0.29, 0.717) is 11.3 Å². The zero-order chi connectivity index (χ0) is 20.1. The van der Waals surface area contributed by atoms with Crippen LogP contribution < -0.4 is 10.1 Å². The number of ether oxygens (including phenoxy) is 2. The molecule has 1 N–H and O–H groups in total. The predicted molar refractivity (Wildman–Crippen MR) is 99.8 cm³/mol. The molecule has 0 aromatic heterocycles. The first kappa shape index (κ1) is 20.5. The molecule has 0 aliphatic rings. The standard InChI is InChI=1S/C17H14Cl2N2O6/c1-9-3-14(21(24)25)15(26-2)7-13(9)20-16(22)8-27-17(23)10-4-11(18)6-12(19)5-10/h3-7H,8H2,1-2H3,(H,20,22). The van der Waals surface area contributed by atoms with E-state index in [0.717, 1.165) is 0 Å². The van der Waals surface area contributed by atoms with Crippen LogP contribution in [0.2, 0.25) is 10.0 Å². The maximum atomic E-state index is 12.0. The lowest BCUT2D eigenvalue weighted by atomic mass is 10.1. The number of carbonyl (C=O) groups excluding carboxylic acids is 2. The second kappa shape index (κ2) is 8.70. The van der Waals surface area contributed by atoms with Crippen LogP contribution in [0.4, 0.5) is 11.4 Å². The number of rotatable bonds is 6. The topological polar surface area (TPSA) is 108 Å². The number of nitro benzene ring substituents is 1. The summed E-state index contributed by atoms with van der Waals surface area (Å²) < 4.78 is 9.88. The minimum Gasteiger partial charge on any atom is -0.490 e. The highest BCUT2D eigenvalue weighted by molar-refractivity contribution is 6.35. The quantitative estimate of drug-likeness (QED) is 0.436. The highest BCUT2D eigenvalue weighted by Gasteiger charge is 2.19. The van der Waals surface area contributed by atoms with E-state index in [2.05, 4.69) is 5.32 Å². The molecular weight excluding hydrogens is 399 g/mol. The van der Waals surface area contributed by atoms with Crippen molar-refractivity contribution in [2.45, 2.75) is 6.92 Å². The highest BCUT2D eigenvalue weighted by atomic mass is 35.5. The van der Waals surface area contributed by atoms with Gasteiger partial charge in [-0.1, -0.05) is 23.2 Å². The average Bonchev–Trinajstić information content (AvgIpc) is 2.60. The molecule has 8 nitrogen and oxygen atoms in total. The van der Waals surface area contributed by atoms with Crippen molar-refractivity contribution in [3.63, 3.8) is 0 Å². The summed E-state index contributed by atoms with van der Waals surface area (Å²) in [5.74, 6) is -1.41. The average molecular weight is 413 g/mol. The summed E-state index contributed by atoms with van der Waals surface area (Å²) in [4.78, 5) is 34.4. The Balaban J connectivity index is 2.05. The third-order valence-corrected chi connectivity index (χ3v) is 3.87. The van der Waals surface area contributed by atoms with Crippen molar-refractivity contribution in [3.8, 4) is 5.75 Å². The molecule has 142 valence electrons. The number of amides is 1. The summed E-state index contributed by atoms with van der Waals surface area (Å²) >= 11 is 11.6. The van der Waals surface area contributed by atoms with Crippen LogP contribution in [0.15, 0.2) is 30.3 Å². The van der Waals surface area contributed by atoms with Crippen LogP contribution in [0, 0.1) is 17.0 Å². The largest absolute Gasteiger partial charge is 0.490 e. The molecule has 0 saturated heterocycles. The molecule has 0 atom stereocenters. The van der Waals surface area contributed by atoms with E-state index in [1.807, 2.05) is 0 Å². The lowest BCUT2D eigenvalue weighted by Gasteiger charge is -2.11. The number of nitrogens with one attached hydrogen (secondary N) is 1. The number of esters is 1. The van der Waals surface area contributed by atoms with Gasteiger partial charge in [0.25, 0.3) is 5.91 Å². The fourth-order valence-corrected chi connectivity index (χ4v) is 2.71. The monoisotopic (exact) mass is 412 g/mol. The number of hydrogen-bond donors (Lipinski definition) is 1. The molecule has 2 aromatic rings. The fraction of sp³-hybridized carbons (Fsp3) is 0.176. The Bertz CT molecular complexity index is 896. The molecule has 0 unspecified atom stereocenters. The number of halogens is 2. The zero-order valence-corrected chi connectivity index (χ0v) is 15.8. The minimum atomic E-state index is -0.771. The Labute approximate surface area is 164 Å². The van der Waals surface area contributed by atoms with Gasteiger partial charge in [-0.25, -0.2) is 4.79 Å². The SMILES string of the molecule is COc1cc(NC(=O)COC(=O)c2cc(Cl)cc(Cl)c2)c(C)cc1[N+](=O)[O-]. The van der Waals surface area contributed by atoms with E-state index in [1.54, 1.807) is 6.92 Å². The van der Waals surface area contributed by atoms with Crippen LogP contribution in [0.3, 0.4) is 0 Å². The highest BCUT2D eigenvalue weighted by Crippen LogP contribution is 2.32. The van der Waals surface area contributed by atoms with E-state index in [4.69, 9.17) is 32.7 Å². The predicted octanol–water partition coefficient (Wildman–Crippen LogP) is 4.01. The molecule has 0 saturated carbocycles. The molecule has 2 rings (SSSR count). The summed E-state index contributed by atoms with van der Waals surface area (Å²) in [7, 11) is 1.28. The first-order valence-electron chi connectivity index (χ1n) is 7.47. The van der Waals surface area contributed by atoms with E-state index in [9.17, 15) is 19.7 Å². The summed E-state index contributed by atoms with van der Waals surface area (Å²) in [5.41, 5.74) is 0.624. The van der Waals surface area contributed by atoms with Crippen molar-refractivity contribution in [1.82, 2.24) is 0 Å². The van der Waals surface area contributed by atoms with Gasteiger partial charge >= 0.3 is 11.7 Å². The lowest BCUT2D eigenvalue weighted by Crippen LogP contribution is -2.21. The Morgan fingerprint density at radius 3 is 2.33 bits per heavy atom. The molecular formula is C17H14Cl2N2O6. The first-order chi connectivity index (χ1) is 12.7. The normalized spacial score (nSPS) is 10.2. The molecule has 2 aromatic carbocycles. The smallest absolute Gasteiger partial charge is 0.338 e. The van der Waals surface area contributed by atoms with Gasteiger partial charge in [-0.15, -0.1) is 0 Å². The van der Waals surface area contributed by atoms with Crippen molar-refractivity contribution in [1.29, 1.82) is 0 Å². The molecule has 0 radical (unpaired) electrons. The molecule has 0 spiro atoms. The van der Waals surface area contributed by atoms with E-state index >= 15 is 0 Å². The van der Waals surface area contributed by atoms with Crippen LogP contribution in [0.5, 0.6) is 5.75 Å². The number of carbonyl (C=O) groups is 2. The number of methoxy groups -OCH3 is 1. The third kappa shape index (κ3) is 5.32. The zero-order valence-electron chi connectivity index (χ0n) is 14.2. The maximum Gasteiger partial charge on any atom is 0.338 e. The van der Waals surface area contributed by atoms with Gasteiger partial charge in [0.05, 0.1) is 17.6 Å². The van der Waals surface area contributed by atoms with Crippen molar-refractivity contribution < 1.29 is 24.0 Å². The van der Waals surface area contributed by atoms with Gasteiger partial charge in [0.1, 0.15) is 0 Å². The second-order valence-electron chi connectivity index (χ2n) is 5.38. The van der Waals surface area contributed by atoms with Gasteiger partial charge in [-0.05, 0) is 30.7 Å². The number of aryl methyl sites for hydroxylation is 1. The number of benzene rings is 2. The van der Waals surface area contributed by atoms with Gasteiger partial charge in [-0.2, -0.15) is 0 Å². The van der Waals surface area contributed by atoms with Gasteiger partial charge < -0.3 is 14.8 Å². The molecule has 1 amide bonds. The van der Waals surface area contributed by atoms with E-state index < -0.39 is 23.4 Å². The van der Waals surface area contributed by atoms with Gasteiger partial charge in [-0.3, -0.25) is 14.9 Å². The maximum absolute atomic E-state index is 12.0. The van der Waals surface area contributed by atoms with Gasteiger partial charge in [0.2, 0.25) is 0 Å². The van der Waals surface area contributed by atoms with Crippen LogP contribution in [0.25, 0.3) is 0 Å². The Morgan fingerprint density at radius 1 is 1.15 bits per heavy atom. The number of hydrogen-bond acceptors (Lipinski definition) is 6. The molecule has 10 heteroatoms. The van der Waals surface area contributed by atoms with Crippen molar-refractivity contribution in [2.75, 3.05) is 19.0 Å². The first-order valence-corrected chi connectivity index (χ1v) is 8.23. The minimum absolute atomic E-state index is 0.00790. The molecule has 0 fully saturated rings. The van der Waals surface area contributed by atoms with Crippen molar-refractivity contribution in [2.24, 2.45) is 0 Å². The van der Waals surface area contributed by atoms with Gasteiger partial charge in [0.15, 0.2) is 12.4 Å². The van der Waals surface area contributed by atoms with Crippen LogP contribution in [-0.2, 0) is 9.53 Å². The molecule has 0 bridgehead atoms. The third-order valence-electron chi connectivity index (χ3n) is 3.43. The Hall–Kier alpha value is -2.84. The fourth-order valence-electron chi connectivity index (χ4n) is 2.19. The molecule has 0 aliphatic carbocycles. The number of nitro groups is 1. The van der Waals surface area contributed by atoms with Crippen LogP contribution >= 0.6 is 23.2 Å². The van der Waals surface area contributed by atoms with Crippen LogP contribution in [-0.4, -0.2) is 30.5 Å². The molecule has 27 heavy (non-hydrogen) atoms. The molecule has 0 heterocycles. The Morgan fingerprint density at radius 2 is 1.78 bits per heavy atom. The summed E-state index contributed by atoms with van der Waals surface area (Å²) in [6.07, 6.45) is 0. The van der Waals surface area contributed by atoms with Gasteiger partial charge in [0, 0.05) is 27.9 Å². The number of nitrogens with zero attached hydrogens (tertiary/aromatic N) is 1. The van der Waals surface area contributed by atoms with E-state index in [1.165, 1.54) is 37.4 Å². The Kier molecular flexibility index (Phi) is 6.59. The van der Waals surface area contributed by atoms with Crippen molar-refractivity contribution >= 4 is 46.5 Å². The summed E-state index contributed by atoms with van der Waals surface area (Å²) in [6.45, 7) is 1.02. The van der Waals surface area contributed by atoms with E-state index in [-0.39, 0.29) is 27.0 Å². The summed E-state index contributed by atoms with van der Waals surface area (Å²) in [6, 6.07) is 6.77. The lowest BCUT2D eigenvalue weighted by molar-refractivity contribution is -0.385. The van der Waals surface area contributed by atoms with Crippen LogP contribution in [0.1, 0.15) is 15.9 Å². The second-order valence-corrected chi connectivity index (χ2v) is 6.25.